The van der Waals surface area contributed by atoms with Gasteiger partial charge in [0, 0.05) is 37.4 Å². The largest absolute Gasteiger partial charge is 0.497 e. The Labute approximate surface area is 169 Å². The third-order valence-corrected chi connectivity index (χ3v) is 5.28. The molecule has 2 aromatic carbocycles. The first-order valence-electron chi connectivity index (χ1n) is 9.47. The third-order valence-electron chi connectivity index (χ3n) is 4.99. The highest BCUT2D eigenvalue weighted by molar-refractivity contribution is 7.71. The molecule has 2 heterocycles. The first-order chi connectivity index (χ1) is 13.7. The van der Waals surface area contributed by atoms with Crippen LogP contribution in [0.15, 0.2) is 59.0 Å². The van der Waals surface area contributed by atoms with Crippen LogP contribution >= 0.6 is 12.2 Å². The van der Waals surface area contributed by atoms with Crippen molar-refractivity contribution in [3.8, 4) is 17.2 Å². The van der Waals surface area contributed by atoms with Gasteiger partial charge in [-0.05, 0) is 55.0 Å². The summed E-state index contributed by atoms with van der Waals surface area (Å²) in [6.07, 6.45) is 1.09. The van der Waals surface area contributed by atoms with Gasteiger partial charge in [0.1, 0.15) is 5.75 Å². The molecular formula is C21H24N4O2S. The topological polar surface area (TPSA) is 46.7 Å². The Balaban J connectivity index is 1.41. The van der Waals surface area contributed by atoms with Crippen LogP contribution in [0.25, 0.3) is 11.5 Å². The number of anilines is 1. The number of rotatable bonds is 5. The first-order valence-corrected chi connectivity index (χ1v) is 9.88. The van der Waals surface area contributed by atoms with Crippen molar-refractivity contribution in [3.05, 3.63) is 59.4 Å². The lowest BCUT2D eigenvalue weighted by Gasteiger charge is -2.23. The van der Waals surface area contributed by atoms with E-state index in [9.17, 15) is 0 Å². The normalized spacial score (nSPS) is 15.4. The van der Waals surface area contributed by atoms with Crippen molar-refractivity contribution in [2.75, 3.05) is 38.2 Å². The van der Waals surface area contributed by atoms with E-state index in [0.29, 0.717) is 17.4 Å². The van der Waals surface area contributed by atoms with Crippen LogP contribution in [0.2, 0.25) is 0 Å². The van der Waals surface area contributed by atoms with Gasteiger partial charge in [0.25, 0.3) is 4.84 Å². The minimum absolute atomic E-state index is 0.412. The number of aromatic nitrogens is 2. The fraction of sp³-hybridized carbons (Fsp3) is 0.333. The molecule has 146 valence electrons. The van der Waals surface area contributed by atoms with Gasteiger partial charge in [0.2, 0.25) is 5.89 Å². The highest BCUT2D eigenvalue weighted by Gasteiger charge is 2.17. The molecule has 0 unspecified atom stereocenters. The van der Waals surface area contributed by atoms with E-state index in [0.717, 1.165) is 43.9 Å². The van der Waals surface area contributed by atoms with E-state index < -0.39 is 0 Å². The van der Waals surface area contributed by atoms with E-state index in [1.165, 1.54) is 5.69 Å². The maximum atomic E-state index is 5.70. The van der Waals surface area contributed by atoms with Crippen LogP contribution in [0, 0.1) is 4.84 Å². The predicted octanol–water partition coefficient (Wildman–Crippen LogP) is 4.05. The SMILES string of the molecule is COc1ccc(N2CCCN(Cn3nc(-c4ccccc4)oc3=S)CC2)cc1. The Kier molecular flexibility index (Phi) is 5.73. The van der Waals surface area contributed by atoms with Crippen LogP contribution < -0.4 is 9.64 Å². The molecule has 0 spiro atoms. The van der Waals surface area contributed by atoms with Crippen molar-refractivity contribution < 1.29 is 9.15 Å². The van der Waals surface area contributed by atoms with Crippen LogP contribution in [0.3, 0.4) is 0 Å². The zero-order valence-corrected chi connectivity index (χ0v) is 16.8. The zero-order chi connectivity index (χ0) is 19.3. The molecule has 7 heteroatoms. The van der Waals surface area contributed by atoms with E-state index in [4.69, 9.17) is 21.4 Å². The van der Waals surface area contributed by atoms with Crippen LogP contribution in [-0.4, -0.2) is 48.0 Å². The summed E-state index contributed by atoms with van der Waals surface area (Å²) in [5.41, 5.74) is 2.17. The van der Waals surface area contributed by atoms with Gasteiger partial charge in [-0.15, -0.1) is 5.10 Å². The van der Waals surface area contributed by atoms with Crippen molar-refractivity contribution >= 4 is 17.9 Å². The average Bonchev–Trinajstić information content (AvgIpc) is 2.95. The molecule has 6 nitrogen and oxygen atoms in total. The number of hydrogen-bond acceptors (Lipinski definition) is 6. The van der Waals surface area contributed by atoms with Crippen molar-refractivity contribution in [1.82, 2.24) is 14.7 Å². The number of ether oxygens (including phenoxy) is 1. The molecule has 1 aliphatic heterocycles. The molecule has 0 N–H and O–H groups in total. The first kappa shape index (κ1) is 18.7. The monoisotopic (exact) mass is 396 g/mol. The Morgan fingerprint density at radius 2 is 1.79 bits per heavy atom. The molecule has 28 heavy (non-hydrogen) atoms. The molecule has 0 atom stereocenters. The minimum Gasteiger partial charge on any atom is -0.497 e. The lowest BCUT2D eigenvalue weighted by Crippen LogP contribution is -2.32. The van der Waals surface area contributed by atoms with Gasteiger partial charge in [-0.25, -0.2) is 4.68 Å². The van der Waals surface area contributed by atoms with Crippen molar-refractivity contribution in [3.63, 3.8) is 0 Å². The molecule has 1 aliphatic rings. The Morgan fingerprint density at radius 3 is 2.54 bits per heavy atom. The van der Waals surface area contributed by atoms with E-state index >= 15 is 0 Å². The summed E-state index contributed by atoms with van der Waals surface area (Å²) in [7, 11) is 1.69. The Hall–Kier alpha value is -2.64. The van der Waals surface area contributed by atoms with Gasteiger partial charge in [-0.2, -0.15) is 0 Å². The molecule has 0 aliphatic carbocycles. The summed E-state index contributed by atoms with van der Waals surface area (Å²) in [6, 6.07) is 18.1. The fourth-order valence-corrected chi connectivity index (χ4v) is 3.62. The van der Waals surface area contributed by atoms with Crippen LogP contribution in [0.1, 0.15) is 6.42 Å². The predicted molar refractivity (Wildman–Crippen MR) is 112 cm³/mol. The standard InChI is InChI=1S/C21H24N4O2S/c1-26-19-10-8-18(9-11-19)24-13-5-12-23(14-15-24)16-25-21(28)27-20(22-25)17-6-3-2-4-7-17/h2-4,6-11H,5,12-16H2,1H3. The number of nitrogens with zero attached hydrogens (tertiary/aromatic N) is 4. The van der Waals surface area contributed by atoms with Crippen molar-refractivity contribution in [2.24, 2.45) is 0 Å². The molecule has 0 radical (unpaired) electrons. The van der Waals surface area contributed by atoms with Crippen LogP contribution in [0.4, 0.5) is 5.69 Å². The van der Waals surface area contributed by atoms with Crippen LogP contribution in [0.5, 0.6) is 5.75 Å². The third kappa shape index (κ3) is 4.26. The summed E-state index contributed by atoms with van der Waals surface area (Å²) < 4.78 is 12.7. The van der Waals surface area contributed by atoms with E-state index in [2.05, 4.69) is 27.0 Å². The quantitative estimate of drug-likeness (QED) is 0.607. The molecule has 1 fully saturated rings. The number of methoxy groups -OCH3 is 1. The molecule has 0 amide bonds. The molecule has 1 saturated heterocycles. The summed E-state index contributed by atoms with van der Waals surface area (Å²) in [5, 5.41) is 4.58. The highest BCUT2D eigenvalue weighted by Crippen LogP contribution is 2.21. The van der Waals surface area contributed by atoms with Gasteiger partial charge >= 0.3 is 0 Å². The van der Waals surface area contributed by atoms with Crippen molar-refractivity contribution in [1.29, 1.82) is 0 Å². The average molecular weight is 397 g/mol. The number of benzene rings is 2. The lowest BCUT2D eigenvalue weighted by molar-refractivity contribution is 0.217. The zero-order valence-electron chi connectivity index (χ0n) is 16.0. The molecule has 0 saturated carbocycles. The summed E-state index contributed by atoms with van der Waals surface area (Å²) in [6.45, 7) is 4.58. The van der Waals surface area contributed by atoms with E-state index in [1.807, 2.05) is 42.5 Å². The van der Waals surface area contributed by atoms with E-state index in [1.54, 1.807) is 11.8 Å². The second-order valence-electron chi connectivity index (χ2n) is 6.84. The number of hydrogen-bond donors (Lipinski definition) is 0. The maximum Gasteiger partial charge on any atom is 0.288 e. The van der Waals surface area contributed by atoms with E-state index in [-0.39, 0.29) is 0 Å². The van der Waals surface area contributed by atoms with Gasteiger partial charge < -0.3 is 14.1 Å². The second-order valence-corrected chi connectivity index (χ2v) is 7.19. The smallest absolute Gasteiger partial charge is 0.288 e. The summed E-state index contributed by atoms with van der Waals surface area (Å²) >= 11 is 5.38. The minimum atomic E-state index is 0.412. The Bertz CT molecular complexity index is 953. The van der Waals surface area contributed by atoms with Crippen molar-refractivity contribution in [2.45, 2.75) is 13.1 Å². The Morgan fingerprint density at radius 1 is 1.00 bits per heavy atom. The maximum absolute atomic E-state index is 5.70. The highest BCUT2D eigenvalue weighted by atomic mass is 32.1. The summed E-state index contributed by atoms with van der Waals surface area (Å²) in [4.78, 5) is 5.20. The van der Waals surface area contributed by atoms with Gasteiger partial charge in [0.15, 0.2) is 0 Å². The molecule has 0 bridgehead atoms. The fourth-order valence-electron chi connectivity index (χ4n) is 3.45. The lowest BCUT2D eigenvalue weighted by atomic mass is 10.2. The van der Waals surface area contributed by atoms with Gasteiger partial charge in [-0.1, -0.05) is 18.2 Å². The molecular weight excluding hydrogens is 372 g/mol. The molecule has 4 rings (SSSR count). The molecule has 3 aromatic rings. The summed E-state index contributed by atoms with van der Waals surface area (Å²) in [5.74, 6) is 1.45. The van der Waals surface area contributed by atoms with Crippen LogP contribution in [-0.2, 0) is 6.67 Å². The molecule has 1 aromatic heterocycles. The van der Waals surface area contributed by atoms with Gasteiger partial charge in [-0.3, -0.25) is 4.90 Å². The second kappa shape index (κ2) is 8.58. The van der Waals surface area contributed by atoms with Gasteiger partial charge in [0.05, 0.1) is 13.8 Å².